The lowest BCUT2D eigenvalue weighted by molar-refractivity contribution is 0.620. The summed E-state index contributed by atoms with van der Waals surface area (Å²) in [6, 6.07) is 55.8. The number of benzene rings is 8. The second-order valence-electron chi connectivity index (χ2n) is 15.9. The first-order chi connectivity index (χ1) is 25.8. The largest absolute Gasteiger partial charge is 0.436 e. The molecule has 8 aromatic carbocycles. The molecule has 0 saturated heterocycles. The number of oxazole rings is 1. The Morgan fingerprint density at radius 2 is 0.906 bits per heavy atom. The monoisotopic (exact) mass is 679 g/mol. The quantitative estimate of drug-likeness (QED) is 0.174. The van der Waals surface area contributed by atoms with Crippen molar-refractivity contribution in [2.75, 3.05) is 0 Å². The van der Waals surface area contributed by atoms with Crippen molar-refractivity contribution in [2.45, 2.75) is 38.5 Å². The van der Waals surface area contributed by atoms with Crippen molar-refractivity contribution in [3.05, 3.63) is 174 Å². The number of rotatable bonds is 3. The zero-order valence-electron chi connectivity index (χ0n) is 30.3. The van der Waals surface area contributed by atoms with Crippen LogP contribution in [0.15, 0.2) is 156 Å². The first-order valence-electron chi connectivity index (χ1n) is 18.6. The van der Waals surface area contributed by atoms with Crippen LogP contribution in [0.3, 0.4) is 0 Å². The van der Waals surface area contributed by atoms with Gasteiger partial charge in [-0.3, -0.25) is 0 Å². The third kappa shape index (κ3) is 4.18. The van der Waals surface area contributed by atoms with Crippen LogP contribution in [-0.4, -0.2) is 4.98 Å². The van der Waals surface area contributed by atoms with Gasteiger partial charge in [-0.2, -0.15) is 0 Å². The van der Waals surface area contributed by atoms with E-state index < -0.39 is 0 Å². The van der Waals surface area contributed by atoms with E-state index in [9.17, 15) is 0 Å². The summed E-state index contributed by atoms with van der Waals surface area (Å²) in [5.41, 5.74) is 18.3. The maximum atomic E-state index is 6.16. The Morgan fingerprint density at radius 1 is 0.396 bits per heavy atom. The van der Waals surface area contributed by atoms with Gasteiger partial charge in [-0.25, -0.2) is 4.98 Å². The molecule has 0 atom stereocenters. The van der Waals surface area contributed by atoms with E-state index in [2.05, 4.69) is 155 Å². The highest BCUT2D eigenvalue weighted by atomic mass is 16.3. The highest BCUT2D eigenvalue weighted by molar-refractivity contribution is 6.22. The van der Waals surface area contributed by atoms with Crippen LogP contribution in [0, 0.1) is 0 Å². The molecule has 0 aliphatic heterocycles. The maximum Gasteiger partial charge on any atom is 0.227 e. The second kappa shape index (κ2) is 10.6. The summed E-state index contributed by atoms with van der Waals surface area (Å²) in [5, 5.41) is 5.06. The molecule has 1 heterocycles. The Balaban J connectivity index is 1.20. The molecule has 0 amide bonds. The maximum absolute atomic E-state index is 6.16. The highest BCUT2D eigenvalue weighted by Crippen LogP contribution is 2.55. The Kier molecular flexibility index (Phi) is 6.11. The van der Waals surface area contributed by atoms with E-state index in [1.165, 1.54) is 88.3 Å². The molecule has 0 saturated carbocycles. The topological polar surface area (TPSA) is 26.0 Å². The standard InChI is InChI=1S/C51H37NO/c1-50(2)41-17-9-7-13-33(41)35-26-25-32(27-43(35)50)48-37-16-6-5-15-36(37)47(30-21-23-31(24-22-30)49-52-45-19-11-12-20-46(45)53-49)39-28-38-34-14-8-10-18-42(34)51(3,4)44(38)29-40(39)48/h5-29H,1-4H3. The molecule has 1 aromatic heterocycles. The molecule has 0 radical (unpaired) electrons. The SMILES string of the molecule is CC1(C)c2ccccc2-c2ccc(-c3c4ccccc4c(-c4ccc(-c5nc6ccccc6o5)cc4)c4cc5c(cc34)C(C)(C)c3ccccc3-5)cc21. The number of nitrogens with zero attached hydrogens (tertiary/aromatic N) is 1. The minimum atomic E-state index is -0.119. The predicted molar refractivity (Wildman–Crippen MR) is 220 cm³/mol. The fourth-order valence-electron chi connectivity index (χ4n) is 9.63. The van der Waals surface area contributed by atoms with Gasteiger partial charge in [0.2, 0.25) is 5.89 Å². The van der Waals surface area contributed by atoms with Gasteiger partial charge in [-0.1, -0.05) is 137 Å². The zero-order chi connectivity index (χ0) is 35.6. The van der Waals surface area contributed by atoms with Crippen molar-refractivity contribution in [3.8, 4) is 56.0 Å². The van der Waals surface area contributed by atoms with Gasteiger partial charge in [0.15, 0.2) is 5.58 Å². The lowest BCUT2D eigenvalue weighted by Crippen LogP contribution is -2.15. The fraction of sp³-hybridized carbons (Fsp3) is 0.118. The summed E-state index contributed by atoms with van der Waals surface area (Å²) in [7, 11) is 0. The third-order valence-corrected chi connectivity index (χ3v) is 12.3. The van der Waals surface area contributed by atoms with E-state index in [4.69, 9.17) is 9.40 Å². The predicted octanol–water partition coefficient (Wildman–Crippen LogP) is 13.7. The van der Waals surface area contributed by atoms with Crippen LogP contribution in [0.2, 0.25) is 0 Å². The Labute approximate surface area is 309 Å². The van der Waals surface area contributed by atoms with Crippen LogP contribution in [-0.2, 0) is 10.8 Å². The molecule has 0 N–H and O–H groups in total. The minimum Gasteiger partial charge on any atom is -0.436 e. The Hall–Kier alpha value is -6.25. The molecule has 2 heteroatoms. The van der Waals surface area contributed by atoms with Crippen LogP contribution < -0.4 is 0 Å². The van der Waals surface area contributed by atoms with Gasteiger partial charge in [0.1, 0.15) is 5.52 Å². The lowest BCUT2D eigenvalue weighted by atomic mass is 9.78. The molecule has 2 nitrogen and oxygen atoms in total. The Bertz CT molecular complexity index is 2960. The van der Waals surface area contributed by atoms with Crippen LogP contribution in [0.1, 0.15) is 49.9 Å². The summed E-state index contributed by atoms with van der Waals surface area (Å²) in [6.45, 7) is 9.51. The molecule has 0 fully saturated rings. The molecule has 252 valence electrons. The van der Waals surface area contributed by atoms with Crippen molar-refractivity contribution < 1.29 is 4.42 Å². The third-order valence-electron chi connectivity index (χ3n) is 12.3. The summed E-state index contributed by atoms with van der Waals surface area (Å²) in [6.07, 6.45) is 0. The van der Waals surface area contributed by atoms with Gasteiger partial charge in [0.05, 0.1) is 0 Å². The summed E-state index contributed by atoms with van der Waals surface area (Å²) in [4.78, 5) is 4.79. The normalized spacial score (nSPS) is 14.7. The number of aromatic nitrogens is 1. The molecule has 11 rings (SSSR count). The molecule has 0 bridgehead atoms. The molecule has 0 spiro atoms. The van der Waals surface area contributed by atoms with Gasteiger partial charge in [0, 0.05) is 16.4 Å². The number of hydrogen-bond acceptors (Lipinski definition) is 2. The average Bonchev–Trinajstić information content (AvgIpc) is 3.80. The molecule has 53 heavy (non-hydrogen) atoms. The van der Waals surface area contributed by atoms with Crippen LogP contribution >= 0.6 is 0 Å². The van der Waals surface area contributed by atoms with Crippen molar-refractivity contribution in [2.24, 2.45) is 0 Å². The number of fused-ring (bicyclic) bond motifs is 9. The molecule has 0 unspecified atom stereocenters. The van der Waals surface area contributed by atoms with Crippen LogP contribution in [0.25, 0.3) is 88.6 Å². The lowest BCUT2D eigenvalue weighted by Gasteiger charge is -2.25. The van der Waals surface area contributed by atoms with Crippen molar-refractivity contribution in [1.82, 2.24) is 4.98 Å². The van der Waals surface area contributed by atoms with Gasteiger partial charge >= 0.3 is 0 Å². The van der Waals surface area contributed by atoms with E-state index in [1.807, 2.05) is 24.3 Å². The second-order valence-corrected chi connectivity index (χ2v) is 15.9. The number of para-hydroxylation sites is 2. The van der Waals surface area contributed by atoms with Gasteiger partial charge in [0.25, 0.3) is 0 Å². The minimum absolute atomic E-state index is 0.0885. The van der Waals surface area contributed by atoms with Crippen LogP contribution in [0.4, 0.5) is 0 Å². The first-order valence-corrected chi connectivity index (χ1v) is 18.6. The first kappa shape index (κ1) is 30.4. The number of hydrogen-bond donors (Lipinski definition) is 0. The highest BCUT2D eigenvalue weighted by Gasteiger charge is 2.37. The molecule has 2 aliphatic rings. The van der Waals surface area contributed by atoms with Crippen LogP contribution in [0.5, 0.6) is 0 Å². The van der Waals surface area contributed by atoms with E-state index in [-0.39, 0.29) is 10.8 Å². The molecule has 2 aliphatic carbocycles. The zero-order valence-corrected chi connectivity index (χ0v) is 30.3. The average molecular weight is 680 g/mol. The van der Waals surface area contributed by atoms with E-state index in [0.717, 1.165) is 16.7 Å². The van der Waals surface area contributed by atoms with E-state index >= 15 is 0 Å². The fourth-order valence-corrected chi connectivity index (χ4v) is 9.63. The van der Waals surface area contributed by atoms with E-state index in [1.54, 1.807) is 0 Å². The van der Waals surface area contributed by atoms with Crippen molar-refractivity contribution in [3.63, 3.8) is 0 Å². The van der Waals surface area contributed by atoms with Gasteiger partial charge in [-0.05, 0) is 131 Å². The summed E-state index contributed by atoms with van der Waals surface area (Å²) < 4.78 is 6.16. The van der Waals surface area contributed by atoms with Crippen molar-refractivity contribution in [1.29, 1.82) is 0 Å². The smallest absolute Gasteiger partial charge is 0.227 e. The van der Waals surface area contributed by atoms with E-state index in [0.29, 0.717) is 5.89 Å². The summed E-state index contributed by atoms with van der Waals surface area (Å²) in [5.74, 6) is 0.640. The van der Waals surface area contributed by atoms with Gasteiger partial charge in [-0.15, -0.1) is 0 Å². The molecule has 9 aromatic rings. The summed E-state index contributed by atoms with van der Waals surface area (Å²) >= 11 is 0. The Morgan fingerprint density at radius 3 is 1.60 bits per heavy atom. The van der Waals surface area contributed by atoms with Gasteiger partial charge < -0.3 is 4.42 Å². The van der Waals surface area contributed by atoms with Crippen molar-refractivity contribution >= 4 is 32.6 Å². The molecular formula is C51H37NO. The molecular weight excluding hydrogens is 643 g/mol.